The predicted molar refractivity (Wildman–Crippen MR) is 291 cm³/mol. The van der Waals surface area contributed by atoms with E-state index < -0.39 is 5.97 Å². The summed E-state index contributed by atoms with van der Waals surface area (Å²) in [6, 6.07) is 7.61. The van der Waals surface area contributed by atoms with E-state index in [0.29, 0.717) is 77.1 Å². The van der Waals surface area contributed by atoms with Gasteiger partial charge in [-0.15, -0.1) is 20.4 Å². The summed E-state index contributed by atoms with van der Waals surface area (Å²) >= 11 is 24.3. The summed E-state index contributed by atoms with van der Waals surface area (Å²) in [5, 5.41) is 30.3. The van der Waals surface area contributed by atoms with E-state index in [2.05, 4.69) is 89.1 Å². The number of hydrogen-bond donors (Lipinski definition) is 5. The topological polar surface area (TPSA) is 345 Å². The first-order chi connectivity index (χ1) is 36.9. The number of nitrogens with two attached hydrogens (primary N) is 4. The molecule has 0 aliphatic carbocycles. The van der Waals surface area contributed by atoms with E-state index in [0.717, 1.165) is 78.0 Å². The molecule has 4 aliphatic heterocycles. The zero-order chi connectivity index (χ0) is 55.1. The second kappa shape index (κ2) is 26.8. The fourth-order valence-corrected chi connectivity index (χ4v) is 10.9. The first-order valence-electron chi connectivity index (χ1n) is 25.3. The number of aryl methyl sites for hydroxylation is 2. The van der Waals surface area contributed by atoms with Gasteiger partial charge >= 0.3 is 18.9 Å². The summed E-state index contributed by atoms with van der Waals surface area (Å²) in [5.74, 6) is 1.47. The number of carbonyl (C=O) groups excluding carboxylic acids is 2. The zero-order valence-electron chi connectivity index (χ0n) is 44.0. The molecule has 0 saturated carbocycles. The summed E-state index contributed by atoms with van der Waals surface area (Å²) < 4.78 is 10.9. The number of aromatic carboxylic acids is 1. The number of halogens is 4. The monoisotopic (exact) mass is 1140 g/mol. The summed E-state index contributed by atoms with van der Waals surface area (Å²) in [6.45, 7) is 16.4. The molecular formula is C48H61Cl4LiN20O5. The molecule has 0 unspecified atom stereocenters. The second-order valence-electron chi connectivity index (χ2n) is 18.8. The van der Waals surface area contributed by atoms with Crippen molar-refractivity contribution in [2.75, 3.05) is 98.2 Å². The van der Waals surface area contributed by atoms with Crippen molar-refractivity contribution >= 4 is 93.2 Å². The number of hydrogen-bond acceptors (Lipinski definition) is 24. The number of carboxylic acid groups (broad SMARTS) is 1. The maximum Gasteiger partial charge on any atom is 1.00 e. The van der Waals surface area contributed by atoms with Crippen LogP contribution in [0.1, 0.15) is 84.9 Å². The van der Waals surface area contributed by atoms with Gasteiger partial charge in [-0.25, -0.2) is 29.9 Å². The number of carboxylic acids is 1. The van der Waals surface area contributed by atoms with Gasteiger partial charge in [0.1, 0.15) is 21.9 Å². The van der Waals surface area contributed by atoms with Gasteiger partial charge in [0.2, 0.25) is 11.8 Å². The Labute approximate surface area is 482 Å². The van der Waals surface area contributed by atoms with Crippen molar-refractivity contribution in [1.82, 2.24) is 70.3 Å². The Kier molecular flexibility index (Phi) is 20.6. The molecule has 0 radical (unpaired) electrons. The maximum atomic E-state index is 13.0. The van der Waals surface area contributed by atoms with Gasteiger partial charge in [0.25, 0.3) is 17.7 Å². The molecule has 6 aromatic heterocycles. The molecule has 78 heavy (non-hydrogen) atoms. The van der Waals surface area contributed by atoms with Crippen LogP contribution in [0.25, 0.3) is 23.2 Å². The molecule has 0 aromatic carbocycles. The molecule has 0 spiro atoms. The number of nitrogen functional groups attached to an aromatic ring is 4. The Balaban J connectivity index is 0.000000193. The molecule has 4 fully saturated rings. The number of aromatic nitrogens is 10. The van der Waals surface area contributed by atoms with Gasteiger partial charge in [0, 0.05) is 95.9 Å². The molecular weight excluding hydrogens is 1090 g/mol. The number of carbonyl (C=O) groups is 2. The Bertz CT molecular complexity index is 3040. The largest absolute Gasteiger partial charge is 1.00 e. The first-order valence-corrected chi connectivity index (χ1v) is 26.8. The summed E-state index contributed by atoms with van der Waals surface area (Å²) in [6.07, 6.45) is 6.23. The maximum absolute atomic E-state index is 13.0. The third-order valence-electron chi connectivity index (χ3n) is 14.0. The number of anilines is 6. The Hall–Kier alpha value is -5.88. The molecule has 30 heteroatoms. The van der Waals surface area contributed by atoms with Gasteiger partial charge in [-0.05, 0) is 75.9 Å². The van der Waals surface area contributed by atoms with Gasteiger partial charge in [-0.1, -0.05) is 60.3 Å². The number of piperidine rings is 2. The van der Waals surface area contributed by atoms with E-state index >= 15 is 0 Å². The number of amides is 1. The summed E-state index contributed by atoms with van der Waals surface area (Å²) in [7, 11) is 0. The molecule has 1 amide bonds. The molecule has 9 N–H and O–H groups in total. The molecule has 10 rings (SSSR count). The molecule has 25 nitrogen and oxygen atoms in total. The Morgan fingerprint density at radius 2 is 1.04 bits per heavy atom. The minimum atomic E-state index is -1.35. The minimum absolute atomic E-state index is 0. The van der Waals surface area contributed by atoms with Crippen LogP contribution < -0.4 is 62.0 Å². The predicted octanol–water partition coefficient (Wildman–Crippen LogP) is 1.31. The Morgan fingerprint density at radius 3 is 1.44 bits per heavy atom. The van der Waals surface area contributed by atoms with E-state index in [1.165, 1.54) is 25.0 Å². The normalized spacial score (nSPS) is 18.6. The molecule has 4 saturated heterocycles. The van der Waals surface area contributed by atoms with E-state index in [9.17, 15) is 14.7 Å². The van der Waals surface area contributed by atoms with Gasteiger partial charge < -0.3 is 61.7 Å². The SMILES string of the molecule is CC[C@H]1CN(c2nc(N)c(-c3nnc(C)o3)nc2Cl)CCN1C1CCN(C(=O)c2ccc(Cl)nc2N)CC1.CC[C@H]1CN(c2nc(N)c(-c3nnc(C)o3)nc2Cl)CCN1C1CCNCC1.Nc1nc(Cl)ccc1C(=O)[O-].[Li+]. The third-order valence-corrected chi connectivity index (χ3v) is 14.9. The number of pyridine rings is 2. The Morgan fingerprint density at radius 1 is 0.603 bits per heavy atom. The standard InChI is InChI=1S/C24H30Cl2N10O2.C18H27ClN8O.C6H5ClN2O2.Li/c1-3-14-12-35(22-19(26)30-18(21(28)31-22)23-33-32-13(2)38-23)10-11-36(14)15-6-8-34(9-7-15)24(37)16-4-5-17(25)29-20(16)27;1-3-12-10-26(8-9-27(12)13-4-6-21-7-5-13)17-15(19)22-14(16(20)23-17)18-25-24-11(2)28-18;7-4-2-1-3(6(10)11)5(8)9-4;/h4-5,14-15H,3,6-12H2,1-2H3,(H2,27,29)(H2,28,31);12-13,21H,3-10H2,1-2H3,(H2,20,23);1-2H,(H2,8,9)(H,10,11);/q;;;+1/p-1/t14-;12-;;/m00../s1. The summed E-state index contributed by atoms with van der Waals surface area (Å²) in [4.78, 5) is 60.1. The number of rotatable bonds is 10. The van der Waals surface area contributed by atoms with Crippen molar-refractivity contribution in [2.45, 2.75) is 90.4 Å². The van der Waals surface area contributed by atoms with Crippen molar-refractivity contribution < 1.29 is 42.4 Å². The first kappa shape index (κ1) is 59.8. The van der Waals surface area contributed by atoms with Crippen molar-refractivity contribution in [1.29, 1.82) is 0 Å². The average molecular weight is 1150 g/mol. The van der Waals surface area contributed by atoms with Gasteiger partial charge in [-0.3, -0.25) is 14.6 Å². The van der Waals surface area contributed by atoms with Crippen LogP contribution in [0.15, 0.2) is 33.1 Å². The zero-order valence-corrected chi connectivity index (χ0v) is 47.0. The van der Waals surface area contributed by atoms with Gasteiger partial charge in [-0.2, -0.15) is 0 Å². The van der Waals surface area contributed by atoms with Crippen molar-refractivity contribution in [3.8, 4) is 23.2 Å². The van der Waals surface area contributed by atoms with Crippen molar-refractivity contribution in [2.24, 2.45) is 0 Å². The molecule has 412 valence electrons. The number of nitrogens with one attached hydrogen (secondary N) is 1. The fraction of sp³-hybridized carbons (Fsp3) is 0.500. The number of piperazine rings is 2. The number of likely N-dealkylation sites (tertiary alicyclic amines) is 1. The molecule has 2 atom stereocenters. The van der Waals surface area contributed by atoms with E-state index in [1.54, 1.807) is 26.0 Å². The van der Waals surface area contributed by atoms with Crippen LogP contribution in [-0.4, -0.2) is 166 Å². The van der Waals surface area contributed by atoms with Gasteiger partial charge in [0.05, 0.1) is 11.5 Å². The van der Waals surface area contributed by atoms with Crippen LogP contribution >= 0.6 is 46.4 Å². The minimum Gasteiger partial charge on any atom is -0.545 e. The molecule has 10 heterocycles. The van der Waals surface area contributed by atoms with Gasteiger partial charge in [0.15, 0.2) is 45.0 Å². The molecule has 6 aromatic rings. The fourth-order valence-electron chi connectivity index (χ4n) is 10.1. The summed E-state index contributed by atoms with van der Waals surface area (Å²) in [5.41, 5.74) is 24.3. The van der Waals surface area contributed by atoms with Crippen LogP contribution in [0, 0.1) is 13.8 Å². The van der Waals surface area contributed by atoms with Crippen molar-refractivity contribution in [3.63, 3.8) is 0 Å². The van der Waals surface area contributed by atoms with Crippen LogP contribution in [0.3, 0.4) is 0 Å². The van der Waals surface area contributed by atoms with E-state index in [4.69, 9.17) is 78.2 Å². The smallest absolute Gasteiger partial charge is 0.545 e. The second-order valence-corrected chi connectivity index (χ2v) is 20.3. The van der Waals surface area contributed by atoms with Crippen molar-refractivity contribution in [3.05, 3.63) is 67.8 Å². The number of nitrogens with zero attached hydrogens (tertiary/aromatic N) is 15. The molecule has 4 aliphatic rings. The quantitative estimate of drug-likeness (QED) is 0.0953. The third kappa shape index (κ3) is 14.1. The van der Waals surface area contributed by atoms with Crippen LogP contribution in [-0.2, 0) is 0 Å². The van der Waals surface area contributed by atoms with Crippen LogP contribution in [0.5, 0.6) is 0 Å². The average Bonchev–Trinajstić information content (AvgIpc) is 4.14. The van der Waals surface area contributed by atoms with Crippen LogP contribution in [0.2, 0.25) is 20.6 Å². The molecule has 0 bridgehead atoms. The van der Waals surface area contributed by atoms with E-state index in [-0.39, 0.29) is 86.5 Å². The van der Waals surface area contributed by atoms with E-state index in [1.807, 2.05) is 4.90 Å². The van der Waals surface area contributed by atoms with Crippen LogP contribution in [0.4, 0.5) is 34.9 Å².